The number of allylic oxidation sites excluding steroid dienone is 2. The van der Waals surface area contributed by atoms with Crippen LogP contribution in [0.1, 0.15) is 44.7 Å². The predicted molar refractivity (Wildman–Crippen MR) is 85.7 cm³/mol. The average Bonchev–Trinajstić information content (AvgIpc) is 2.52. The van der Waals surface area contributed by atoms with E-state index in [1.54, 1.807) is 0 Å². The van der Waals surface area contributed by atoms with Gasteiger partial charge in [0.1, 0.15) is 17.4 Å². The Morgan fingerprint density at radius 3 is 1.91 bits per heavy atom. The quantitative estimate of drug-likeness (QED) is 0.898. The van der Waals surface area contributed by atoms with E-state index in [1.807, 2.05) is 52.0 Å². The fourth-order valence-electron chi connectivity index (χ4n) is 2.70. The summed E-state index contributed by atoms with van der Waals surface area (Å²) < 4.78 is 11.8. The van der Waals surface area contributed by atoms with E-state index >= 15 is 0 Å². The van der Waals surface area contributed by atoms with Crippen molar-refractivity contribution < 1.29 is 9.47 Å². The first-order chi connectivity index (χ1) is 10.6. The number of nitrogens with zero attached hydrogens (tertiary/aromatic N) is 1. The average molecular weight is 298 g/mol. The van der Waals surface area contributed by atoms with Crippen LogP contribution in [0.4, 0.5) is 0 Å². The van der Waals surface area contributed by atoms with Crippen molar-refractivity contribution in [2.75, 3.05) is 13.2 Å². The van der Waals surface area contributed by atoms with Gasteiger partial charge in [0.15, 0.2) is 0 Å². The minimum absolute atomic E-state index is 0.0751. The lowest BCUT2D eigenvalue weighted by atomic mass is 9.90. The van der Waals surface area contributed by atoms with E-state index in [2.05, 4.69) is 11.4 Å². The molecule has 1 N–H and O–H groups in total. The van der Waals surface area contributed by atoms with Crippen LogP contribution in [0.2, 0.25) is 0 Å². The van der Waals surface area contributed by atoms with Crippen LogP contribution >= 0.6 is 0 Å². The number of nitriles is 1. The highest BCUT2D eigenvalue weighted by molar-refractivity contribution is 5.43. The molecule has 22 heavy (non-hydrogen) atoms. The van der Waals surface area contributed by atoms with Gasteiger partial charge in [0, 0.05) is 0 Å². The molecule has 1 aliphatic heterocycles. The van der Waals surface area contributed by atoms with Crippen LogP contribution in [-0.4, -0.2) is 13.2 Å². The van der Waals surface area contributed by atoms with E-state index in [-0.39, 0.29) is 5.92 Å². The van der Waals surface area contributed by atoms with E-state index in [0.29, 0.717) is 18.8 Å². The van der Waals surface area contributed by atoms with E-state index in [4.69, 9.17) is 14.7 Å². The van der Waals surface area contributed by atoms with Crippen LogP contribution in [0.5, 0.6) is 0 Å². The van der Waals surface area contributed by atoms with Gasteiger partial charge in [-0.1, -0.05) is 12.1 Å². The topological polar surface area (TPSA) is 54.3 Å². The third-order valence-electron chi connectivity index (χ3n) is 3.61. The molecule has 0 spiro atoms. The molecule has 116 valence electrons. The Kier molecular flexibility index (Phi) is 5.11. The molecule has 0 aromatic heterocycles. The summed E-state index contributed by atoms with van der Waals surface area (Å²) in [6, 6.07) is 9.74. The van der Waals surface area contributed by atoms with Crippen LogP contribution in [0, 0.1) is 11.3 Å². The number of nitrogens with one attached hydrogen (secondary N) is 1. The Balaban J connectivity index is 2.50. The minimum Gasteiger partial charge on any atom is -0.495 e. The monoisotopic (exact) mass is 298 g/mol. The van der Waals surface area contributed by atoms with Crippen LogP contribution in [0.15, 0.2) is 47.2 Å². The second-order valence-corrected chi connectivity index (χ2v) is 5.14. The molecule has 0 saturated carbocycles. The highest BCUT2D eigenvalue weighted by atomic mass is 16.5. The van der Waals surface area contributed by atoms with E-state index in [0.717, 1.165) is 28.5 Å². The summed E-state index contributed by atoms with van der Waals surface area (Å²) in [4.78, 5) is 0. The van der Waals surface area contributed by atoms with Gasteiger partial charge in [-0.25, -0.2) is 0 Å². The molecule has 1 aliphatic rings. The van der Waals surface area contributed by atoms with Gasteiger partial charge < -0.3 is 14.8 Å². The van der Waals surface area contributed by atoms with Crippen molar-refractivity contribution in [1.82, 2.24) is 5.32 Å². The molecular formula is C18H22N2O2. The number of dihydropyridines is 1. The number of hydrogen-bond donors (Lipinski definition) is 1. The molecule has 0 bridgehead atoms. The lowest BCUT2D eigenvalue weighted by Crippen LogP contribution is -2.27. The van der Waals surface area contributed by atoms with Gasteiger partial charge in [0.05, 0.1) is 36.2 Å². The van der Waals surface area contributed by atoms with Crippen LogP contribution in [0.3, 0.4) is 0 Å². The molecule has 0 atom stereocenters. The first-order valence-electron chi connectivity index (χ1n) is 7.56. The van der Waals surface area contributed by atoms with Gasteiger partial charge in [0.25, 0.3) is 0 Å². The lowest BCUT2D eigenvalue weighted by Gasteiger charge is -2.31. The number of rotatable bonds is 5. The Hall–Kier alpha value is -2.41. The zero-order valence-corrected chi connectivity index (χ0v) is 13.6. The standard InChI is InChI=1S/C18H22N2O2/c1-5-21-17-12(3)20-13(4)18(22-6-2)16(17)15-9-7-14(11-19)8-10-15/h7-10,16,20H,5-6H2,1-4H3. The van der Waals surface area contributed by atoms with Gasteiger partial charge in [-0.3, -0.25) is 0 Å². The third kappa shape index (κ3) is 3.09. The summed E-state index contributed by atoms with van der Waals surface area (Å²) in [6.45, 7) is 9.16. The Bertz CT molecular complexity index is 608. The van der Waals surface area contributed by atoms with Gasteiger partial charge in [-0.15, -0.1) is 0 Å². The van der Waals surface area contributed by atoms with Gasteiger partial charge >= 0.3 is 0 Å². The zero-order chi connectivity index (χ0) is 16.1. The number of hydrogen-bond acceptors (Lipinski definition) is 4. The molecule has 1 heterocycles. The summed E-state index contributed by atoms with van der Waals surface area (Å²) in [5.74, 6) is 1.68. The summed E-state index contributed by atoms with van der Waals surface area (Å²) in [5.41, 5.74) is 3.70. The number of benzene rings is 1. The first-order valence-corrected chi connectivity index (χ1v) is 7.56. The summed E-state index contributed by atoms with van der Waals surface area (Å²) in [6.07, 6.45) is 0. The van der Waals surface area contributed by atoms with E-state index in [9.17, 15) is 0 Å². The summed E-state index contributed by atoms with van der Waals surface area (Å²) in [5, 5.41) is 12.3. The van der Waals surface area contributed by atoms with Crippen molar-refractivity contribution in [3.05, 3.63) is 58.3 Å². The second-order valence-electron chi connectivity index (χ2n) is 5.14. The lowest BCUT2D eigenvalue weighted by molar-refractivity contribution is 0.157. The minimum atomic E-state index is -0.0751. The smallest absolute Gasteiger partial charge is 0.130 e. The highest BCUT2D eigenvalue weighted by Gasteiger charge is 2.31. The zero-order valence-electron chi connectivity index (χ0n) is 13.6. The summed E-state index contributed by atoms with van der Waals surface area (Å²) in [7, 11) is 0. The van der Waals surface area contributed by atoms with Gasteiger partial charge in [-0.2, -0.15) is 5.26 Å². The maximum atomic E-state index is 8.97. The second kappa shape index (κ2) is 7.04. The molecule has 0 unspecified atom stereocenters. The Labute approximate surface area is 132 Å². The molecular weight excluding hydrogens is 276 g/mol. The molecule has 0 amide bonds. The van der Waals surface area contributed by atoms with E-state index in [1.165, 1.54) is 0 Å². The molecule has 0 saturated heterocycles. The SMILES string of the molecule is CCOC1=C(C)NC(C)=C(OCC)C1c1ccc(C#N)cc1. The Morgan fingerprint density at radius 1 is 1.00 bits per heavy atom. The first kappa shape index (κ1) is 16.0. The molecule has 1 aromatic rings. The normalized spacial score (nSPS) is 15.4. The van der Waals surface area contributed by atoms with Crippen molar-refractivity contribution in [3.63, 3.8) is 0 Å². The van der Waals surface area contributed by atoms with Crippen molar-refractivity contribution >= 4 is 0 Å². The molecule has 4 nitrogen and oxygen atoms in total. The summed E-state index contributed by atoms with van der Waals surface area (Å²) >= 11 is 0. The Morgan fingerprint density at radius 2 is 1.50 bits per heavy atom. The molecule has 0 aliphatic carbocycles. The van der Waals surface area contributed by atoms with Crippen LogP contribution in [-0.2, 0) is 9.47 Å². The van der Waals surface area contributed by atoms with Crippen LogP contribution < -0.4 is 5.32 Å². The van der Waals surface area contributed by atoms with E-state index < -0.39 is 0 Å². The fraction of sp³-hybridized carbons (Fsp3) is 0.389. The largest absolute Gasteiger partial charge is 0.495 e. The molecule has 4 heteroatoms. The predicted octanol–water partition coefficient (Wildman–Crippen LogP) is 3.78. The molecule has 2 rings (SSSR count). The van der Waals surface area contributed by atoms with Gasteiger partial charge in [0.2, 0.25) is 0 Å². The van der Waals surface area contributed by atoms with Crippen molar-refractivity contribution in [2.24, 2.45) is 0 Å². The maximum Gasteiger partial charge on any atom is 0.130 e. The third-order valence-corrected chi connectivity index (χ3v) is 3.61. The fourth-order valence-corrected chi connectivity index (χ4v) is 2.70. The number of ether oxygens (including phenoxy) is 2. The van der Waals surface area contributed by atoms with Crippen LogP contribution in [0.25, 0.3) is 0 Å². The highest BCUT2D eigenvalue weighted by Crippen LogP contribution is 2.38. The molecule has 0 radical (unpaired) electrons. The van der Waals surface area contributed by atoms with Crippen molar-refractivity contribution in [2.45, 2.75) is 33.6 Å². The maximum absolute atomic E-state index is 8.97. The van der Waals surface area contributed by atoms with Crippen molar-refractivity contribution in [3.8, 4) is 6.07 Å². The molecule has 1 aromatic carbocycles. The molecule has 0 fully saturated rings. The van der Waals surface area contributed by atoms with Gasteiger partial charge in [-0.05, 0) is 45.4 Å². The van der Waals surface area contributed by atoms with Crippen molar-refractivity contribution in [1.29, 1.82) is 5.26 Å².